The first-order valence-corrected chi connectivity index (χ1v) is 14.7. The summed E-state index contributed by atoms with van der Waals surface area (Å²) in [6.45, 7) is 0.306. The highest BCUT2D eigenvalue weighted by atomic mass is 16.5. The standard InChI is InChI=1S/C33H46O8/c1-36-25-19-18-23(21-27(25)38-3)31-33(40-5)30(35)29-28(41-31)22-26(37-2)24(32(29)39-4)17-15-13-11-9-7-6-8-10-12-14-16-20-34/h18-19,21-22,34H,6-17,20H2,1-5H3. The molecule has 8 heteroatoms. The molecular weight excluding hydrogens is 524 g/mol. The SMILES string of the molecule is COc1ccc(-c2oc3cc(OC)c(CCCCCCCCCCCCCO)c(OC)c3c(=O)c2OC)cc1OC. The van der Waals surface area contributed by atoms with Crippen molar-refractivity contribution in [3.63, 3.8) is 0 Å². The molecule has 1 heterocycles. The van der Waals surface area contributed by atoms with Crippen molar-refractivity contribution >= 4 is 11.0 Å². The Morgan fingerprint density at radius 2 is 1.20 bits per heavy atom. The fourth-order valence-corrected chi connectivity index (χ4v) is 5.32. The van der Waals surface area contributed by atoms with Gasteiger partial charge in [-0.2, -0.15) is 0 Å². The van der Waals surface area contributed by atoms with E-state index in [1.807, 2.05) is 0 Å². The number of fused-ring (bicyclic) bond motifs is 1. The minimum absolute atomic E-state index is 0.0903. The minimum Gasteiger partial charge on any atom is -0.496 e. The van der Waals surface area contributed by atoms with Crippen LogP contribution in [0.4, 0.5) is 0 Å². The Balaban J connectivity index is 1.77. The summed E-state index contributed by atoms with van der Waals surface area (Å²) >= 11 is 0. The average Bonchev–Trinajstić information content (AvgIpc) is 3.00. The fraction of sp³-hybridized carbons (Fsp3) is 0.545. The zero-order chi connectivity index (χ0) is 29.6. The van der Waals surface area contributed by atoms with Crippen molar-refractivity contribution in [1.29, 1.82) is 0 Å². The van der Waals surface area contributed by atoms with Crippen LogP contribution < -0.4 is 29.1 Å². The number of rotatable bonds is 19. The first-order chi connectivity index (χ1) is 20.0. The third-order valence-electron chi connectivity index (χ3n) is 7.52. The van der Waals surface area contributed by atoms with Crippen molar-refractivity contribution in [2.75, 3.05) is 42.2 Å². The molecule has 0 bridgehead atoms. The molecule has 41 heavy (non-hydrogen) atoms. The van der Waals surface area contributed by atoms with Gasteiger partial charge in [0.05, 0.1) is 35.5 Å². The average molecular weight is 571 g/mol. The van der Waals surface area contributed by atoms with E-state index >= 15 is 0 Å². The number of ether oxygens (including phenoxy) is 5. The third-order valence-corrected chi connectivity index (χ3v) is 7.52. The summed E-state index contributed by atoms with van der Waals surface area (Å²) in [5, 5.41) is 9.19. The van der Waals surface area contributed by atoms with E-state index in [0.717, 1.165) is 37.7 Å². The molecule has 3 rings (SSSR count). The zero-order valence-electron chi connectivity index (χ0n) is 25.3. The van der Waals surface area contributed by atoms with Crippen LogP contribution in [0.3, 0.4) is 0 Å². The normalized spacial score (nSPS) is 11.1. The molecule has 0 amide bonds. The van der Waals surface area contributed by atoms with Gasteiger partial charge in [-0.3, -0.25) is 4.79 Å². The summed E-state index contributed by atoms with van der Waals surface area (Å²) in [4.78, 5) is 13.8. The molecule has 0 aliphatic carbocycles. The monoisotopic (exact) mass is 570 g/mol. The van der Waals surface area contributed by atoms with Gasteiger partial charge in [-0.25, -0.2) is 0 Å². The lowest BCUT2D eigenvalue weighted by Gasteiger charge is -2.17. The Bertz CT molecular complexity index is 1300. The predicted molar refractivity (Wildman–Crippen MR) is 162 cm³/mol. The summed E-state index contributed by atoms with van der Waals surface area (Å²) in [6, 6.07) is 7.05. The van der Waals surface area contributed by atoms with Crippen LogP contribution in [0.2, 0.25) is 0 Å². The van der Waals surface area contributed by atoms with E-state index in [9.17, 15) is 4.79 Å². The van der Waals surface area contributed by atoms with Gasteiger partial charge in [-0.05, 0) is 37.5 Å². The second-order valence-electron chi connectivity index (χ2n) is 10.2. The first kappa shape index (κ1) is 32.1. The van der Waals surface area contributed by atoms with Crippen LogP contribution in [-0.2, 0) is 6.42 Å². The van der Waals surface area contributed by atoms with Crippen molar-refractivity contribution in [2.45, 2.75) is 77.0 Å². The Morgan fingerprint density at radius 1 is 0.634 bits per heavy atom. The smallest absolute Gasteiger partial charge is 0.239 e. The lowest BCUT2D eigenvalue weighted by atomic mass is 9.99. The van der Waals surface area contributed by atoms with Crippen molar-refractivity contribution in [3.8, 4) is 40.1 Å². The van der Waals surface area contributed by atoms with Gasteiger partial charge < -0.3 is 33.2 Å². The number of hydrogen-bond acceptors (Lipinski definition) is 8. The van der Waals surface area contributed by atoms with Crippen LogP contribution in [0.15, 0.2) is 33.5 Å². The molecule has 0 unspecified atom stereocenters. The van der Waals surface area contributed by atoms with Gasteiger partial charge in [0.2, 0.25) is 11.2 Å². The summed E-state index contributed by atoms with van der Waals surface area (Å²) in [5.41, 5.74) is 1.52. The number of methoxy groups -OCH3 is 5. The van der Waals surface area contributed by atoms with Crippen LogP contribution in [-0.4, -0.2) is 47.3 Å². The van der Waals surface area contributed by atoms with Crippen LogP contribution in [0.1, 0.15) is 76.2 Å². The largest absolute Gasteiger partial charge is 0.496 e. The summed E-state index contributed by atoms with van der Waals surface area (Å²) in [7, 11) is 7.75. The predicted octanol–water partition coefficient (Wildman–Crippen LogP) is 7.33. The minimum atomic E-state index is -0.310. The van der Waals surface area contributed by atoms with E-state index in [4.69, 9.17) is 33.2 Å². The Labute approximate surface area is 243 Å². The Hall–Kier alpha value is -3.39. The molecule has 0 saturated carbocycles. The van der Waals surface area contributed by atoms with Gasteiger partial charge >= 0.3 is 0 Å². The number of benzene rings is 2. The molecule has 0 radical (unpaired) electrons. The van der Waals surface area contributed by atoms with Crippen LogP contribution in [0, 0.1) is 0 Å². The fourth-order valence-electron chi connectivity index (χ4n) is 5.32. The van der Waals surface area contributed by atoms with Crippen molar-refractivity contribution in [3.05, 3.63) is 40.1 Å². The Morgan fingerprint density at radius 3 is 1.73 bits per heavy atom. The number of aliphatic hydroxyl groups is 1. The van der Waals surface area contributed by atoms with Gasteiger partial charge in [0, 0.05) is 23.8 Å². The third kappa shape index (κ3) is 8.09. The van der Waals surface area contributed by atoms with Gasteiger partial charge in [0.15, 0.2) is 17.3 Å². The number of unbranched alkanes of at least 4 members (excludes halogenated alkanes) is 10. The van der Waals surface area contributed by atoms with Crippen LogP contribution in [0.5, 0.6) is 28.7 Å². The molecule has 8 nitrogen and oxygen atoms in total. The summed E-state index contributed by atoms with van der Waals surface area (Å²) in [5.74, 6) is 2.54. The van der Waals surface area contributed by atoms with E-state index in [0.29, 0.717) is 46.1 Å². The summed E-state index contributed by atoms with van der Waals surface area (Å²) < 4.78 is 34.2. The van der Waals surface area contributed by atoms with E-state index in [1.54, 1.807) is 52.7 Å². The van der Waals surface area contributed by atoms with Gasteiger partial charge in [-0.15, -0.1) is 0 Å². The molecule has 0 aliphatic heterocycles. The molecule has 1 aromatic heterocycles. The molecule has 226 valence electrons. The number of aliphatic hydroxyl groups excluding tert-OH is 1. The van der Waals surface area contributed by atoms with E-state index in [-0.39, 0.29) is 16.9 Å². The second-order valence-corrected chi connectivity index (χ2v) is 10.2. The van der Waals surface area contributed by atoms with Crippen molar-refractivity contribution in [2.24, 2.45) is 0 Å². The molecule has 0 aliphatic rings. The molecule has 2 aromatic carbocycles. The lowest BCUT2D eigenvalue weighted by Crippen LogP contribution is -2.11. The van der Waals surface area contributed by atoms with Crippen LogP contribution in [0.25, 0.3) is 22.3 Å². The summed E-state index contributed by atoms with van der Waals surface area (Å²) in [6.07, 6.45) is 13.5. The maximum Gasteiger partial charge on any atom is 0.239 e. The zero-order valence-corrected chi connectivity index (χ0v) is 25.3. The molecule has 3 aromatic rings. The van der Waals surface area contributed by atoms with E-state index < -0.39 is 0 Å². The molecule has 0 fully saturated rings. The quantitative estimate of drug-likeness (QED) is 0.150. The van der Waals surface area contributed by atoms with Gasteiger partial charge in [0.1, 0.15) is 22.5 Å². The Kier molecular flexibility index (Phi) is 13.1. The first-order valence-electron chi connectivity index (χ1n) is 14.7. The molecule has 0 atom stereocenters. The highest BCUT2D eigenvalue weighted by molar-refractivity contribution is 5.90. The molecule has 0 saturated heterocycles. The van der Waals surface area contributed by atoms with E-state index in [2.05, 4.69) is 0 Å². The van der Waals surface area contributed by atoms with Crippen LogP contribution >= 0.6 is 0 Å². The highest BCUT2D eigenvalue weighted by Gasteiger charge is 2.24. The lowest BCUT2D eigenvalue weighted by molar-refractivity contribution is 0.282. The maximum absolute atomic E-state index is 13.8. The van der Waals surface area contributed by atoms with Crippen molar-refractivity contribution < 1.29 is 33.2 Å². The topological polar surface area (TPSA) is 96.6 Å². The molecular formula is C33H46O8. The number of hydrogen-bond donors (Lipinski definition) is 1. The van der Waals surface area contributed by atoms with Gasteiger partial charge in [0.25, 0.3) is 0 Å². The van der Waals surface area contributed by atoms with Crippen molar-refractivity contribution in [1.82, 2.24) is 0 Å². The highest BCUT2D eigenvalue weighted by Crippen LogP contribution is 2.41. The molecule has 1 N–H and O–H groups in total. The maximum atomic E-state index is 13.8. The molecule has 0 spiro atoms. The van der Waals surface area contributed by atoms with E-state index in [1.165, 1.54) is 52.1 Å². The second kappa shape index (κ2) is 16.8. The van der Waals surface area contributed by atoms with Gasteiger partial charge in [-0.1, -0.05) is 57.8 Å².